The molecule has 7 heteroatoms. The van der Waals surface area contributed by atoms with E-state index in [-0.39, 0.29) is 5.75 Å². The summed E-state index contributed by atoms with van der Waals surface area (Å²) in [6.07, 6.45) is 2.45. The lowest BCUT2D eigenvalue weighted by atomic mass is 9.93. The molecule has 0 radical (unpaired) electrons. The van der Waals surface area contributed by atoms with E-state index < -0.39 is 9.84 Å². The van der Waals surface area contributed by atoms with Gasteiger partial charge in [0.15, 0.2) is 9.84 Å². The summed E-state index contributed by atoms with van der Waals surface area (Å²) in [7, 11) is -3.30. The van der Waals surface area contributed by atoms with Gasteiger partial charge in [-0.1, -0.05) is 29.8 Å². The fraction of sp³-hybridized carbons (Fsp3) is 0.444. The number of hydrogen-bond donors (Lipinski definition) is 0. The Morgan fingerprint density at radius 2 is 1.88 bits per heavy atom. The van der Waals surface area contributed by atoms with E-state index in [0.717, 1.165) is 49.1 Å². The molecule has 1 unspecified atom stereocenters. The Hall–Kier alpha value is -2.64. The van der Waals surface area contributed by atoms with Crippen LogP contribution in [0.2, 0.25) is 0 Å². The number of ether oxygens (including phenoxy) is 1. The van der Waals surface area contributed by atoms with Crippen molar-refractivity contribution in [3.63, 3.8) is 0 Å². The summed E-state index contributed by atoms with van der Waals surface area (Å²) in [6.45, 7) is 7.03. The maximum absolute atomic E-state index is 12.9. The molecule has 0 amide bonds. The molecule has 2 saturated heterocycles. The zero-order valence-electron chi connectivity index (χ0n) is 19.6. The van der Waals surface area contributed by atoms with Crippen LogP contribution in [0.4, 0.5) is 11.5 Å². The van der Waals surface area contributed by atoms with Crippen LogP contribution in [0, 0.1) is 18.8 Å². The van der Waals surface area contributed by atoms with Crippen LogP contribution >= 0.6 is 0 Å². The van der Waals surface area contributed by atoms with E-state index in [1.165, 1.54) is 29.5 Å². The van der Waals surface area contributed by atoms with E-state index >= 15 is 0 Å². The van der Waals surface area contributed by atoms with Crippen LogP contribution in [-0.4, -0.2) is 52.0 Å². The zero-order valence-corrected chi connectivity index (χ0v) is 20.4. The second-order valence-corrected chi connectivity index (χ2v) is 12.2. The first-order valence-corrected chi connectivity index (χ1v) is 13.9. The molecule has 0 aliphatic carbocycles. The summed E-state index contributed by atoms with van der Waals surface area (Å²) in [4.78, 5) is 10.1. The van der Waals surface area contributed by atoms with E-state index in [2.05, 4.69) is 41.0 Å². The van der Waals surface area contributed by atoms with E-state index in [1.807, 2.05) is 12.1 Å². The minimum Gasteiger partial charge on any atom is -0.381 e. The SMILES string of the molecule is Cc1ccc2nc(N3CCS(=O)(=O)c4ccccc4C3)cc(N3CCC(CC4COC4)C3)c2c1. The van der Waals surface area contributed by atoms with Crippen molar-refractivity contribution in [3.8, 4) is 0 Å². The fourth-order valence-electron chi connectivity index (χ4n) is 5.63. The van der Waals surface area contributed by atoms with Crippen molar-refractivity contribution in [2.75, 3.05) is 48.4 Å². The number of fused-ring (bicyclic) bond motifs is 2. The van der Waals surface area contributed by atoms with Crippen molar-refractivity contribution in [3.05, 3.63) is 59.7 Å². The van der Waals surface area contributed by atoms with Gasteiger partial charge in [-0.3, -0.25) is 0 Å². The zero-order chi connectivity index (χ0) is 23.3. The molecule has 1 aromatic heterocycles. The highest BCUT2D eigenvalue weighted by Gasteiger charge is 2.31. The molecule has 2 fully saturated rings. The molecule has 3 aromatic rings. The van der Waals surface area contributed by atoms with Gasteiger partial charge >= 0.3 is 0 Å². The van der Waals surface area contributed by atoms with E-state index in [9.17, 15) is 8.42 Å². The number of aryl methyl sites for hydroxylation is 1. The second-order valence-electron chi connectivity index (χ2n) is 10.1. The first-order chi connectivity index (χ1) is 16.5. The van der Waals surface area contributed by atoms with Crippen LogP contribution in [0.5, 0.6) is 0 Å². The Morgan fingerprint density at radius 3 is 2.71 bits per heavy atom. The molecule has 4 heterocycles. The van der Waals surface area contributed by atoms with Gasteiger partial charge in [-0.15, -0.1) is 0 Å². The average Bonchev–Trinajstić information content (AvgIpc) is 3.22. The quantitative estimate of drug-likeness (QED) is 0.561. The van der Waals surface area contributed by atoms with Crippen LogP contribution in [-0.2, 0) is 21.1 Å². The Morgan fingerprint density at radius 1 is 1.03 bits per heavy atom. The molecule has 0 spiro atoms. The molecule has 3 aliphatic heterocycles. The van der Waals surface area contributed by atoms with E-state index in [0.29, 0.717) is 23.9 Å². The Kier molecular flexibility index (Phi) is 5.49. The summed E-state index contributed by atoms with van der Waals surface area (Å²) >= 11 is 0. The molecule has 1 atom stereocenters. The fourth-order valence-corrected chi connectivity index (χ4v) is 7.12. The topological polar surface area (TPSA) is 62.7 Å². The minimum atomic E-state index is -3.30. The standard InChI is InChI=1S/C27H31N3O3S/c1-19-6-7-24-23(12-19)25(29-9-8-20(15-29)13-21-17-33-18-21)14-27(28-24)30-10-11-34(31,32)26-5-3-2-4-22(26)16-30/h2-7,12,14,20-21H,8-11,13,15-18H2,1H3. The maximum atomic E-state index is 12.9. The van der Waals surface area contributed by atoms with Gasteiger partial charge in [0.25, 0.3) is 0 Å². The van der Waals surface area contributed by atoms with Crippen LogP contribution in [0.1, 0.15) is 24.0 Å². The summed E-state index contributed by atoms with van der Waals surface area (Å²) in [5, 5.41) is 1.18. The third-order valence-electron chi connectivity index (χ3n) is 7.55. The maximum Gasteiger partial charge on any atom is 0.180 e. The van der Waals surface area contributed by atoms with Gasteiger partial charge in [-0.2, -0.15) is 0 Å². The first kappa shape index (κ1) is 21.9. The van der Waals surface area contributed by atoms with Crippen molar-refractivity contribution in [1.29, 1.82) is 0 Å². The molecule has 0 saturated carbocycles. The number of rotatable bonds is 4. The van der Waals surface area contributed by atoms with Gasteiger partial charge in [-0.05, 0) is 49.4 Å². The third-order valence-corrected chi connectivity index (χ3v) is 9.34. The molecule has 178 valence electrons. The van der Waals surface area contributed by atoms with Crippen LogP contribution in [0.15, 0.2) is 53.4 Å². The minimum absolute atomic E-state index is 0.0994. The lowest BCUT2D eigenvalue weighted by molar-refractivity contribution is -0.0413. The number of aromatic nitrogens is 1. The molecule has 34 heavy (non-hydrogen) atoms. The number of benzene rings is 2. The first-order valence-electron chi connectivity index (χ1n) is 12.3. The molecule has 3 aliphatic rings. The smallest absolute Gasteiger partial charge is 0.180 e. The molecule has 2 aromatic carbocycles. The molecule has 0 bridgehead atoms. The van der Waals surface area contributed by atoms with Crippen molar-refractivity contribution in [2.24, 2.45) is 11.8 Å². The molecular formula is C27H31N3O3S. The van der Waals surface area contributed by atoms with Gasteiger partial charge in [0, 0.05) is 49.2 Å². The summed E-state index contributed by atoms with van der Waals surface area (Å²) in [5.41, 5.74) is 4.25. The lowest BCUT2D eigenvalue weighted by Gasteiger charge is -2.29. The van der Waals surface area contributed by atoms with Crippen molar-refractivity contribution < 1.29 is 13.2 Å². The van der Waals surface area contributed by atoms with Crippen molar-refractivity contribution >= 4 is 32.2 Å². The molecule has 6 nitrogen and oxygen atoms in total. The van der Waals surface area contributed by atoms with Gasteiger partial charge in [0.05, 0.1) is 29.4 Å². The molecule has 0 N–H and O–H groups in total. The van der Waals surface area contributed by atoms with Gasteiger partial charge in [0.2, 0.25) is 0 Å². The van der Waals surface area contributed by atoms with Crippen molar-refractivity contribution in [1.82, 2.24) is 4.98 Å². The number of anilines is 2. The number of hydrogen-bond acceptors (Lipinski definition) is 6. The highest BCUT2D eigenvalue weighted by atomic mass is 32.2. The van der Waals surface area contributed by atoms with Gasteiger partial charge < -0.3 is 14.5 Å². The highest BCUT2D eigenvalue weighted by molar-refractivity contribution is 7.91. The van der Waals surface area contributed by atoms with Crippen molar-refractivity contribution in [2.45, 2.75) is 31.2 Å². The predicted molar refractivity (Wildman–Crippen MR) is 135 cm³/mol. The predicted octanol–water partition coefficient (Wildman–Crippen LogP) is 4.20. The molecular weight excluding hydrogens is 446 g/mol. The average molecular weight is 478 g/mol. The lowest BCUT2D eigenvalue weighted by Crippen LogP contribution is -2.30. The van der Waals surface area contributed by atoms with Crippen LogP contribution in [0.25, 0.3) is 10.9 Å². The summed E-state index contributed by atoms with van der Waals surface area (Å²) in [6, 6.07) is 16.0. The van der Waals surface area contributed by atoms with Crippen LogP contribution in [0.3, 0.4) is 0 Å². The van der Waals surface area contributed by atoms with Crippen LogP contribution < -0.4 is 9.80 Å². The number of sulfone groups is 1. The van der Waals surface area contributed by atoms with E-state index in [1.54, 1.807) is 12.1 Å². The Bertz CT molecular complexity index is 1340. The summed E-state index contributed by atoms with van der Waals surface area (Å²) in [5.74, 6) is 2.37. The third kappa shape index (κ3) is 4.05. The van der Waals surface area contributed by atoms with E-state index in [4.69, 9.17) is 9.72 Å². The Labute approximate surface area is 201 Å². The number of pyridine rings is 1. The largest absolute Gasteiger partial charge is 0.381 e. The van der Waals surface area contributed by atoms with Gasteiger partial charge in [-0.25, -0.2) is 13.4 Å². The normalized spacial score (nSPS) is 22.4. The number of nitrogens with zero attached hydrogens (tertiary/aromatic N) is 3. The second kappa shape index (κ2) is 8.54. The molecule has 6 rings (SSSR count). The highest BCUT2D eigenvalue weighted by Crippen LogP contribution is 2.37. The van der Waals surface area contributed by atoms with Gasteiger partial charge in [0.1, 0.15) is 5.82 Å². The Balaban J connectivity index is 1.37. The monoisotopic (exact) mass is 477 g/mol. The summed E-state index contributed by atoms with van der Waals surface area (Å²) < 4.78 is 31.2.